The van der Waals surface area contributed by atoms with Gasteiger partial charge in [0.1, 0.15) is 23.3 Å². The average Bonchev–Trinajstić information content (AvgIpc) is 2.65. The first-order valence-electron chi connectivity index (χ1n) is 9.05. The van der Waals surface area contributed by atoms with E-state index in [2.05, 4.69) is 0 Å². The molecule has 2 aromatic carbocycles. The summed E-state index contributed by atoms with van der Waals surface area (Å²) in [5.41, 5.74) is 0.880. The van der Waals surface area contributed by atoms with Gasteiger partial charge in [-0.2, -0.15) is 0 Å². The van der Waals surface area contributed by atoms with E-state index in [1.54, 1.807) is 25.3 Å². The minimum Gasteiger partial charge on any atom is -0.508 e. The Bertz CT molecular complexity index is 717. The standard InChI is InChI=1S/C21H27NO5/c1-3-20(21(24)25)22(15-16-6-4-7-17(23)14-16)12-5-13-27-19-10-8-18(26-2)9-11-19/h4,6-11,14,20,23H,3,5,12-13,15H2,1-2H3,(H,24,25)/t20-/m1/s1. The Morgan fingerprint density at radius 1 is 1.15 bits per heavy atom. The Morgan fingerprint density at radius 2 is 1.85 bits per heavy atom. The Kier molecular flexibility index (Phi) is 7.95. The van der Waals surface area contributed by atoms with E-state index in [0.717, 1.165) is 17.1 Å². The van der Waals surface area contributed by atoms with E-state index < -0.39 is 12.0 Å². The maximum atomic E-state index is 11.6. The number of aliphatic carboxylic acids is 1. The van der Waals surface area contributed by atoms with E-state index in [0.29, 0.717) is 32.5 Å². The molecular weight excluding hydrogens is 346 g/mol. The molecule has 2 N–H and O–H groups in total. The normalized spacial score (nSPS) is 12.0. The fraction of sp³-hybridized carbons (Fsp3) is 0.381. The number of benzene rings is 2. The third-order valence-corrected chi connectivity index (χ3v) is 4.33. The Labute approximate surface area is 160 Å². The fourth-order valence-corrected chi connectivity index (χ4v) is 2.95. The highest BCUT2D eigenvalue weighted by atomic mass is 16.5. The minimum atomic E-state index is -0.839. The lowest BCUT2D eigenvalue weighted by Crippen LogP contribution is -2.41. The zero-order valence-electron chi connectivity index (χ0n) is 15.8. The van der Waals surface area contributed by atoms with Crippen LogP contribution in [0.3, 0.4) is 0 Å². The lowest BCUT2D eigenvalue weighted by atomic mass is 10.1. The van der Waals surface area contributed by atoms with Crippen molar-refractivity contribution in [3.8, 4) is 17.2 Å². The predicted molar refractivity (Wildman–Crippen MR) is 103 cm³/mol. The summed E-state index contributed by atoms with van der Waals surface area (Å²) in [4.78, 5) is 13.5. The average molecular weight is 373 g/mol. The number of hydrogen-bond acceptors (Lipinski definition) is 5. The molecule has 146 valence electrons. The molecule has 6 heteroatoms. The second-order valence-electron chi connectivity index (χ2n) is 6.28. The molecule has 0 aromatic heterocycles. The van der Waals surface area contributed by atoms with Gasteiger partial charge in [0.2, 0.25) is 0 Å². The molecule has 0 unspecified atom stereocenters. The minimum absolute atomic E-state index is 0.179. The van der Waals surface area contributed by atoms with Gasteiger partial charge in [0.15, 0.2) is 0 Å². The highest BCUT2D eigenvalue weighted by Crippen LogP contribution is 2.18. The number of rotatable bonds is 11. The molecule has 27 heavy (non-hydrogen) atoms. The van der Waals surface area contributed by atoms with Crippen LogP contribution >= 0.6 is 0 Å². The molecule has 0 amide bonds. The summed E-state index contributed by atoms with van der Waals surface area (Å²) in [7, 11) is 1.61. The fourth-order valence-electron chi connectivity index (χ4n) is 2.95. The number of ether oxygens (including phenoxy) is 2. The Hall–Kier alpha value is -2.73. The number of phenolic OH excluding ortho intramolecular Hbond substituents is 1. The van der Waals surface area contributed by atoms with Gasteiger partial charge in [-0.1, -0.05) is 19.1 Å². The number of phenols is 1. The van der Waals surface area contributed by atoms with Gasteiger partial charge >= 0.3 is 5.97 Å². The quantitative estimate of drug-likeness (QED) is 0.587. The summed E-state index contributed by atoms with van der Waals surface area (Å²) >= 11 is 0. The summed E-state index contributed by atoms with van der Waals surface area (Å²) in [6.07, 6.45) is 1.20. The van der Waals surface area contributed by atoms with Gasteiger partial charge in [-0.05, 0) is 54.8 Å². The molecule has 2 rings (SSSR count). The van der Waals surface area contributed by atoms with Crippen LogP contribution in [0.1, 0.15) is 25.3 Å². The lowest BCUT2D eigenvalue weighted by molar-refractivity contribution is -0.143. The molecule has 0 fully saturated rings. The van der Waals surface area contributed by atoms with Crippen LogP contribution in [-0.2, 0) is 11.3 Å². The predicted octanol–water partition coefficient (Wildman–Crippen LogP) is 3.54. The van der Waals surface area contributed by atoms with Crippen molar-refractivity contribution in [1.29, 1.82) is 0 Å². The van der Waals surface area contributed by atoms with Crippen LogP contribution in [0.5, 0.6) is 17.2 Å². The zero-order chi connectivity index (χ0) is 19.6. The second kappa shape index (κ2) is 10.4. The summed E-state index contributed by atoms with van der Waals surface area (Å²) in [5, 5.41) is 19.2. The summed E-state index contributed by atoms with van der Waals surface area (Å²) in [6.45, 7) is 3.39. The number of carboxylic acid groups (broad SMARTS) is 1. The molecule has 0 spiro atoms. The molecule has 0 aliphatic carbocycles. The Balaban J connectivity index is 1.93. The first-order valence-corrected chi connectivity index (χ1v) is 9.05. The molecule has 0 radical (unpaired) electrons. The van der Waals surface area contributed by atoms with Crippen molar-refractivity contribution in [3.05, 3.63) is 54.1 Å². The van der Waals surface area contributed by atoms with Crippen molar-refractivity contribution in [2.75, 3.05) is 20.3 Å². The Morgan fingerprint density at radius 3 is 2.44 bits per heavy atom. The van der Waals surface area contributed by atoms with Crippen LogP contribution in [0, 0.1) is 0 Å². The molecule has 0 aliphatic heterocycles. The van der Waals surface area contributed by atoms with Gasteiger partial charge in [0.05, 0.1) is 13.7 Å². The van der Waals surface area contributed by atoms with Crippen LogP contribution < -0.4 is 9.47 Å². The van der Waals surface area contributed by atoms with Gasteiger partial charge in [-0.3, -0.25) is 9.69 Å². The van der Waals surface area contributed by atoms with E-state index in [4.69, 9.17) is 9.47 Å². The van der Waals surface area contributed by atoms with Crippen LogP contribution in [0.15, 0.2) is 48.5 Å². The number of nitrogens with zero attached hydrogens (tertiary/aromatic N) is 1. The third kappa shape index (κ3) is 6.49. The second-order valence-corrected chi connectivity index (χ2v) is 6.28. The van der Waals surface area contributed by atoms with E-state index in [1.807, 2.05) is 42.2 Å². The van der Waals surface area contributed by atoms with Crippen molar-refractivity contribution in [3.63, 3.8) is 0 Å². The maximum Gasteiger partial charge on any atom is 0.320 e. The number of methoxy groups -OCH3 is 1. The topological polar surface area (TPSA) is 79.2 Å². The lowest BCUT2D eigenvalue weighted by Gasteiger charge is -2.28. The molecule has 0 saturated carbocycles. The smallest absolute Gasteiger partial charge is 0.320 e. The first kappa shape index (κ1) is 20.6. The van der Waals surface area contributed by atoms with Gasteiger partial charge in [0, 0.05) is 13.1 Å². The van der Waals surface area contributed by atoms with Crippen LogP contribution in [-0.4, -0.2) is 47.4 Å². The van der Waals surface area contributed by atoms with Crippen LogP contribution in [0.4, 0.5) is 0 Å². The molecule has 0 aliphatic rings. The maximum absolute atomic E-state index is 11.6. The van der Waals surface area contributed by atoms with Crippen molar-refractivity contribution >= 4 is 5.97 Å². The summed E-state index contributed by atoms with van der Waals surface area (Å²) in [6, 6.07) is 13.7. The first-order chi connectivity index (χ1) is 13.0. The third-order valence-electron chi connectivity index (χ3n) is 4.33. The SMILES string of the molecule is CC[C@H](C(=O)O)N(CCCOc1ccc(OC)cc1)Cc1cccc(O)c1. The van der Waals surface area contributed by atoms with Gasteiger partial charge in [-0.25, -0.2) is 0 Å². The van der Waals surface area contributed by atoms with Gasteiger partial charge in [0.25, 0.3) is 0 Å². The highest BCUT2D eigenvalue weighted by Gasteiger charge is 2.23. The molecular formula is C21H27NO5. The number of hydrogen-bond donors (Lipinski definition) is 2. The zero-order valence-corrected chi connectivity index (χ0v) is 15.8. The van der Waals surface area contributed by atoms with E-state index in [1.165, 1.54) is 0 Å². The van der Waals surface area contributed by atoms with Crippen molar-refractivity contribution in [1.82, 2.24) is 4.90 Å². The highest BCUT2D eigenvalue weighted by molar-refractivity contribution is 5.73. The summed E-state index contributed by atoms with van der Waals surface area (Å²) in [5.74, 6) is 0.861. The molecule has 6 nitrogen and oxygen atoms in total. The van der Waals surface area contributed by atoms with E-state index in [9.17, 15) is 15.0 Å². The van der Waals surface area contributed by atoms with Gasteiger partial charge < -0.3 is 19.7 Å². The molecule has 0 heterocycles. The number of carbonyl (C=O) groups is 1. The van der Waals surface area contributed by atoms with Crippen molar-refractivity contribution < 1.29 is 24.5 Å². The van der Waals surface area contributed by atoms with Crippen LogP contribution in [0.25, 0.3) is 0 Å². The largest absolute Gasteiger partial charge is 0.508 e. The van der Waals surface area contributed by atoms with Crippen molar-refractivity contribution in [2.45, 2.75) is 32.4 Å². The van der Waals surface area contributed by atoms with E-state index >= 15 is 0 Å². The van der Waals surface area contributed by atoms with Gasteiger partial charge in [-0.15, -0.1) is 0 Å². The monoisotopic (exact) mass is 373 g/mol. The van der Waals surface area contributed by atoms with Crippen molar-refractivity contribution in [2.24, 2.45) is 0 Å². The van der Waals surface area contributed by atoms with E-state index in [-0.39, 0.29) is 5.75 Å². The summed E-state index contributed by atoms with van der Waals surface area (Å²) < 4.78 is 10.8. The molecule has 0 saturated heterocycles. The molecule has 0 bridgehead atoms. The van der Waals surface area contributed by atoms with Crippen LogP contribution in [0.2, 0.25) is 0 Å². The molecule has 1 atom stereocenters. The molecule has 2 aromatic rings. The number of carboxylic acids is 1. The number of aromatic hydroxyl groups is 1.